The van der Waals surface area contributed by atoms with Crippen molar-refractivity contribution in [3.63, 3.8) is 0 Å². The van der Waals surface area contributed by atoms with Crippen LogP contribution in [0.3, 0.4) is 0 Å². The SMILES string of the molecule is C=COc1ccccc1OCC. The Morgan fingerprint density at radius 1 is 1.33 bits per heavy atom. The fourth-order valence-electron chi connectivity index (χ4n) is 0.912. The van der Waals surface area contributed by atoms with Crippen LogP contribution in [0.1, 0.15) is 6.92 Å². The van der Waals surface area contributed by atoms with Crippen LogP contribution in [0, 0.1) is 0 Å². The first-order valence-electron chi connectivity index (χ1n) is 3.88. The van der Waals surface area contributed by atoms with Crippen molar-refractivity contribution in [2.45, 2.75) is 6.92 Å². The summed E-state index contributed by atoms with van der Waals surface area (Å²) in [4.78, 5) is 0. The second-order valence-corrected chi connectivity index (χ2v) is 2.16. The van der Waals surface area contributed by atoms with Crippen LogP contribution in [0.15, 0.2) is 37.1 Å². The van der Waals surface area contributed by atoms with E-state index in [1.807, 2.05) is 31.2 Å². The number of hydrogen-bond donors (Lipinski definition) is 0. The highest BCUT2D eigenvalue weighted by Gasteiger charge is 2.00. The normalized spacial score (nSPS) is 9.08. The molecule has 0 radical (unpaired) electrons. The zero-order chi connectivity index (χ0) is 8.81. The molecule has 0 heterocycles. The maximum absolute atomic E-state index is 5.32. The zero-order valence-electron chi connectivity index (χ0n) is 7.12. The molecule has 2 nitrogen and oxygen atoms in total. The molecule has 0 atom stereocenters. The predicted molar refractivity (Wildman–Crippen MR) is 48.4 cm³/mol. The van der Waals surface area contributed by atoms with Crippen molar-refractivity contribution in [2.24, 2.45) is 0 Å². The number of para-hydroxylation sites is 2. The van der Waals surface area contributed by atoms with Gasteiger partial charge in [-0.25, -0.2) is 0 Å². The summed E-state index contributed by atoms with van der Waals surface area (Å²) in [5, 5.41) is 0. The van der Waals surface area contributed by atoms with Crippen LogP contribution < -0.4 is 9.47 Å². The Labute approximate surface area is 72.4 Å². The molecule has 1 rings (SSSR count). The lowest BCUT2D eigenvalue weighted by Gasteiger charge is -2.07. The second-order valence-electron chi connectivity index (χ2n) is 2.16. The van der Waals surface area contributed by atoms with E-state index in [-0.39, 0.29) is 0 Å². The van der Waals surface area contributed by atoms with Gasteiger partial charge in [0.25, 0.3) is 0 Å². The van der Waals surface area contributed by atoms with E-state index >= 15 is 0 Å². The monoisotopic (exact) mass is 164 g/mol. The fourth-order valence-corrected chi connectivity index (χ4v) is 0.912. The van der Waals surface area contributed by atoms with Crippen LogP contribution in [0.4, 0.5) is 0 Å². The van der Waals surface area contributed by atoms with Crippen LogP contribution in [-0.4, -0.2) is 6.61 Å². The molecule has 0 aliphatic heterocycles. The molecule has 0 saturated heterocycles. The summed E-state index contributed by atoms with van der Waals surface area (Å²) >= 11 is 0. The van der Waals surface area contributed by atoms with E-state index in [4.69, 9.17) is 9.47 Å². The summed E-state index contributed by atoms with van der Waals surface area (Å²) in [6, 6.07) is 7.50. The Morgan fingerprint density at radius 3 is 2.58 bits per heavy atom. The minimum absolute atomic E-state index is 0.636. The molecule has 0 saturated carbocycles. The van der Waals surface area contributed by atoms with Gasteiger partial charge in [0, 0.05) is 0 Å². The number of rotatable bonds is 4. The molecule has 0 fully saturated rings. The fraction of sp³-hybridized carbons (Fsp3) is 0.200. The maximum atomic E-state index is 5.32. The minimum Gasteiger partial charge on any atom is -0.490 e. The first kappa shape index (κ1) is 8.65. The van der Waals surface area contributed by atoms with Gasteiger partial charge >= 0.3 is 0 Å². The summed E-state index contributed by atoms with van der Waals surface area (Å²) in [5.41, 5.74) is 0. The first-order chi connectivity index (χ1) is 5.88. The topological polar surface area (TPSA) is 18.5 Å². The molecule has 0 unspecified atom stereocenters. The molecule has 0 bridgehead atoms. The average molecular weight is 164 g/mol. The van der Waals surface area contributed by atoms with Crippen LogP contribution >= 0.6 is 0 Å². The molecule has 12 heavy (non-hydrogen) atoms. The number of ether oxygens (including phenoxy) is 2. The van der Waals surface area contributed by atoms with Gasteiger partial charge in [-0.05, 0) is 19.1 Å². The molecule has 0 aliphatic carbocycles. The lowest BCUT2D eigenvalue weighted by atomic mass is 10.3. The Balaban J connectivity index is 2.83. The summed E-state index contributed by atoms with van der Waals surface area (Å²) in [7, 11) is 0. The zero-order valence-corrected chi connectivity index (χ0v) is 7.12. The van der Waals surface area contributed by atoms with Gasteiger partial charge in [0.15, 0.2) is 11.5 Å². The van der Waals surface area contributed by atoms with E-state index in [1.165, 1.54) is 6.26 Å². The molecule has 64 valence electrons. The third-order valence-electron chi connectivity index (χ3n) is 1.36. The molecular weight excluding hydrogens is 152 g/mol. The van der Waals surface area contributed by atoms with E-state index in [0.717, 1.165) is 5.75 Å². The molecule has 0 N–H and O–H groups in total. The highest BCUT2D eigenvalue weighted by Crippen LogP contribution is 2.26. The van der Waals surface area contributed by atoms with Crippen molar-refractivity contribution in [1.29, 1.82) is 0 Å². The predicted octanol–water partition coefficient (Wildman–Crippen LogP) is 2.61. The van der Waals surface area contributed by atoms with Gasteiger partial charge < -0.3 is 9.47 Å². The number of benzene rings is 1. The number of hydrogen-bond acceptors (Lipinski definition) is 2. The summed E-state index contributed by atoms with van der Waals surface area (Å²) in [6.45, 7) is 6.05. The van der Waals surface area contributed by atoms with Crippen LogP contribution in [0.5, 0.6) is 11.5 Å². The lowest BCUT2D eigenvalue weighted by molar-refractivity contribution is 0.321. The van der Waals surface area contributed by atoms with E-state index in [1.54, 1.807) is 0 Å². The second kappa shape index (κ2) is 4.44. The van der Waals surface area contributed by atoms with Crippen LogP contribution in [0.25, 0.3) is 0 Å². The van der Waals surface area contributed by atoms with Crippen molar-refractivity contribution < 1.29 is 9.47 Å². The third-order valence-corrected chi connectivity index (χ3v) is 1.36. The highest BCUT2D eigenvalue weighted by molar-refractivity contribution is 5.39. The molecule has 0 aliphatic rings. The molecule has 2 heteroatoms. The third kappa shape index (κ3) is 2.02. The van der Waals surface area contributed by atoms with Crippen molar-refractivity contribution in [3.05, 3.63) is 37.1 Å². The van der Waals surface area contributed by atoms with Crippen molar-refractivity contribution in [3.8, 4) is 11.5 Å². The van der Waals surface area contributed by atoms with Crippen molar-refractivity contribution in [2.75, 3.05) is 6.61 Å². The van der Waals surface area contributed by atoms with Gasteiger partial charge in [-0.15, -0.1) is 0 Å². The van der Waals surface area contributed by atoms with E-state index in [0.29, 0.717) is 12.4 Å². The first-order valence-corrected chi connectivity index (χ1v) is 3.88. The summed E-state index contributed by atoms with van der Waals surface area (Å²) < 4.78 is 10.4. The largest absolute Gasteiger partial charge is 0.490 e. The molecule has 0 aromatic heterocycles. The van der Waals surface area contributed by atoms with Crippen LogP contribution in [-0.2, 0) is 0 Å². The van der Waals surface area contributed by atoms with Gasteiger partial charge in [0.1, 0.15) is 0 Å². The minimum atomic E-state index is 0.636. The van der Waals surface area contributed by atoms with Gasteiger partial charge in [-0.1, -0.05) is 18.7 Å². The smallest absolute Gasteiger partial charge is 0.168 e. The molecule has 0 spiro atoms. The maximum Gasteiger partial charge on any atom is 0.168 e. The summed E-state index contributed by atoms with van der Waals surface area (Å²) in [5.74, 6) is 1.45. The van der Waals surface area contributed by atoms with E-state index < -0.39 is 0 Å². The molecule has 0 amide bonds. The Kier molecular flexibility index (Phi) is 3.20. The summed E-state index contributed by atoms with van der Waals surface area (Å²) in [6.07, 6.45) is 1.39. The average Bonchev–Trinajstić information content (AvgIpc) is 2.09. The van der Waals surface area contributed by atoms with Gasteiger partial charge in [0.05, 0.1) is 12.9 Å². The Hall–Kier alpha value is -1.44. The van der Waals surface area contributed by atoms with Crippen molar-refractivity contribution in [1.82, 2.24) is 0 Å². The van der Waals surface area contributed by atoms with Gasteiger partial charge in [-0.2, -0.15) is 0 Å². The Bertz CT molecular complexity index is 256. The van der Waals surface area contributed by atoms with Gasteiger partial charge in [-0.3, -0.25) is 0 Å². The lowest BCUT2D eigenvalue weighted by Crippen LogP contribution is -1.93. The van der Waals surface area contributed by atoms with E-state index in [2.05, 4.69) is 6.58 Å². The molecule has 1 aromatic carbocycles. The standard InChI is InChI=1S/C10H12O2/c1-3-11-9-7-5-6-8-10(9)12-4-2/h3,5-8H,1,4H2,2H3. The highest BCUT2D eigenvalue weighted by atomic mass is 16.5. The van der Waals surface area contributed by atoms with Crippen molar-refractivity contribution >= 4 is 0 Å². The van der Waals surface area contributed by atoms with Gasteiger partial charge in [0.2, 0.25) is 0 Å². The molecule has 1 aromatic rings. The molecular formula is C10H12O2. The quantitative estimate of drug-likeness (QED) is 0.637. The van der Waals surface area contributed by atoms with Crippen LogP contribution in [0.2, 0.25) is 0 Å². The van der Waals surface area contributed by atoms with E-state index in [9.17, 15) is 0 Å². The Morgan fingerprint density at radius 2 is 2.00 bits per heavy atom.